The number of hydrogen-bond acceptors (Lipinski definition) is 5. The lowest BCUT2D eigenvalue weighted by atomic mass is 9.98. The van der Waals surface area contributed by atoms with Crippen LogP contribution in [0.5, 0.6) is 0 Å². The van der Waals surface area contributed by atoms with E-state index in [0.717, 1.165) is 36.2 Å². The van der Waals surface area contributed by atoms with Gasteiger partial charge in [0.15, 0.2) is 0 Å². The van der Waals surface area contributed by atoms with Crippen molar-refractivity contribution in [3.63, 3.8) is 0 Å². The van der Waals surface area contributed by atoms with Gasteiger partial charge in [-0.3, -0.25) is 0 Å². The van der Waals surface area contributed by atoms with E-state index in [2.05, 4.69) is 41.0 Å². The van der Waals surface area contributed by atoms with E-state index >= 15 is 0 Å². The molecule has 2 N–H and O–H groups in total. The van der Waals surface area contributed by atoms with Crippen molar-refractivity contribution in [2.75, 3.05) is 17.2 Å². The largest absolute Gasteiger partial charge is 0.398 e. The molecule has 1 aliphatic rings. The van der Waals surface area contributed by atoms with Gasteiger partial charge >= 0.3 is 0 Å². The van der Waals surface area contributed by atoms with E-state index < -0.39 is 0 Å². The van der Waals surface area contributed by atoms with Crippen molar-refractivity contribution in [3.05, 3.63) is 59.5 Å². The molecule has 1 aliphatic heterocycles. The van der Waals surface area contributed by atoms with Gasteiger partial charge in [0.1, 0.15) is 6.04 Å². The lowest BCUT2D eigenvalue weighted by Crippen LogP contribution is -2.32. The number of benzene rings is 2. The van der Waals surface area contributed by atoms with Crippen LogP contribution >= 0.6 is 0 Å². The van der Waals surface area contributed by atoms with E-state index in [9.17, 15) is 0 Å². The van der Waals surface area contributed by atoms with Crippen molar-refractivity contribution in [3.8, 4) is 11.4 Å². The van der Waals surface area contributed by atoms with E-state index in [1.54, 1.807) is 0 Å². The van der Waals surface area contributed by atoms with Gasteiger partial charge in [0, 0.05) is 23.5 Å². The summed E-state index contributed by atoms with van der Waals surface area (Å²) in [5.74, 6) is 1.28. The van der Waals surface area contributed by atoms with Crippen molar-refractivity contribution < 1.29 is 4.52 Å². The first-order valence-corrected chi connectivity index (χ1v) is 8.69. The van der Waals surface area contributed by atoms with E-state index in [0.29, 0.717) is 11.7 Å². The van der Waals surface area contributed by atoms with Gasteiger partial charge in [0.2, 0.25) is 11.7 Å². The van der Waals surface area contributed by atoms with Crippen LogP contribution in [0.1, 0.15) is 36.4 Å². The fourth-order valence-corrected chi connectivity index (χ4v) is 3.55. The molecular weight excluding hydrogens is 312 g/mol. The van der Waals surface area contributed by atoms with Crippen LogP contribution in [-0.4, -0.2) is 16.7 Å². The zero-order chi connectivity index (χ0) is 17.4. The number of nitrogens with two attached hydrogens (primary N) is 1. The van der Waals surface area contributed by atoms with Gasteiger partial charge < -0.3 is 15.2 Å². The van der Waals surface area contributed by atoms with Crippen LogP contribution in [0.2, 0.25) is 0 Å². The van der Waals surface area contributed by atoms with Gasteiger partial charge in [-0.2, -0.15) is 4.98 Å². The zero-order valence-electron chi connectivity index (χ0n) is 14.6. The first kappa shape index (κ1) is 15.7. The molecule has 2 heterocycles. The summed E-state index contributed by atoms with van der Waals surface area (Å²) < 4.78 is 5.60. The summed E-state index contributed by atoms with van der Waals surface area (Å²) in [7, 11) is 0. The Balaban J connectivity index is 1.66. The summed E-state index contributed by atoms with van der Waals surface area (Å²) in [6.45, 7) is 5.12. The van der Waals surface area contributed by atoms with Crippen molar-refractivity contribution in [1.82, 2.24) is 10.1 Å². The molecule has 128 valence electrons. The van der Waals surface area contributed by atoms with Gasteiger partial charge in [0.25, 0.3) is 0 Å². The highest BCUT2D eigenvalue weighted by molar-refractivity contribution is 5.67. The summed E-state index contributed by atoms with van der Waals surface area (Å²) in [6, 6.07) is 14.2. The van der Waals surface area contributed by atoms with E-state index in [4.69, 9.17) is 10.3 Å². The van der Waals surface area contributed by atoms with Crippen LogP contribution in [0.3, 0.4) is 0 Å². The molecule has 25 heavy (non-hydrogen) atoms. The lowest BCUT2D eigenvalue weighted by Gasteiger charge is -2.35. The number of aryl methyl sites for hydroxylation is 1. The first-order chi connectivity index (χ1) is 12.1. The SMILES string of the molecule is Cc1ccccc1-c1noc(C(C)N2CCCc3c(N)cccc32)n1. The molecule has 0 amide bonds. The third kappa shape index (κ3) is 2.76. The fraction of sp³-hybridized carbons (Fsp3) is 0.300. The summed E-state index contributed by atoms with van der Waals surface area (Å²) in [5, 5.41) is 4.20. The standard InChI is InChI=1S/C20H22N4O/c1-13-7-3-4-8-15(13)19-22-20(25-23-19)14(2)24-12-6-9-16-17(21)10-5-11-18(16)24/h3-5,7-8,10-11,14H,6,9,12,21H2,1-2H3. The highest BCUT2D eigenvalue weighted by atomic mass is 16.5. The Morgan fingerprint density at radius 2 is 2.00 bits per heavy atom. The van der Waals surface area contributed by atoms with Gasteiger partial charge in [-0.1, -0.05) is 35.5 Å². The average Bonchev–Trinajstić information content (AvgIpc) is 3.11. The van der Waals surface area contributed by atoms with Crippen molar-refractivity contribution in [1.29, 1.82) is 0 Å². The number of rotatable bonds is 3. The quantitative estimate of drug-likeness (QED) is 0.729. The van der Waals surface area contributed by atoms with E-state index in [-0.39, 0.29) is 6.04 Å². The molecule has 0 aliphatic carbocycles. The number of anilines is 2. The van der Waals surface area contributed by atoms with Gasteiger partial charge in [0.05, 0.1) is 0 Å². The second-order valence-corrected chi connectivity index (χ2v) is 6.59. The second-order valence-electron chi connectivity index (χ2n) is 6.59. The Bertz CT molecular complexity index is 902. The van der Waals surface area contributed by atoms with Gasteiger partial charge in [-0.25, -0.2) is 0 Å². The van der Waals surface area contributed by atoms with Crippen LogP contribution < -0.4 is 10.6 Å². The number of nitrogen functional groups attached to an aromatic ring is 1. The normalized spacial score (nSPS) is 15.0. The summed E-state index contributed by atoms with van der Waals surface area (Å²) in [6.07, 6.45) is 2.09. The Hall–Kier alpha value is -2.82. The molecule has 0 saturated carbocycles. The Labute approximate surface area is 147 Å². The van der Waals surface area contributed by atoms with Crippen molar-refractivity contribution in [2.24, 2.45) is 0 Å². The Morgan fingerprint density at radius 3 is 2.84 bits per heavy atom. The van der Waals surface area contributed by atoms with Crippen LogP contribution in [-0.2, 0) is 6.42 Å². The number of hydrogen-bond donors (Lipinski definition) is 1. The van der Waals surface area contributed by atoms with Gasteiger partial charge in [-0.15, -0.1) is 0 Å². The molecule has 1 aromatic heterocycles. The van der Waals surface area contributed by atoms with Gasteiger partial charge in [-0.05, 0) is 49.9 Å². The monoisotopic (exact) mass is 334 g/mol. The molecule has 1 unspecified atom stereocenters. The van der Waals surface area contributed by atoms with Crippen LogP contribution in [0.25, 0.3) is 11.4 Å². The predicted molar refractivity (Wildman–Crippen MR) is 99.4 cm³/mol. The minimum Gasteiger partial charge on any atom is -0.398 e. The fourth-order valence-electron chi connectivity index (χ4n) is 3.55. The second kappa shape index (κ2) is 6.24. The smallest absolute Gasteiger partial charge is 0.249 e. The molecule has 5 nitrogen and oxygen atoms in total. The number of nitrogens with zero attached hydrogens (tertiary/aromatic N) is 3. The zero-order valence-corrected chi connectivity index (χ0v) is 14.6. The Morgan fingerprint density at radius 1 is 1.16 bits per heavy atom. The third-order valence-corrected chi connectivity index (χ3v) is 4.98. The maximum atomic E-state index is 6.16. The summed E-state index contributed by atoms with van der Waals surface area (Å²) >= 11 is 0. The molecule has 1 atom stereocenters. The average molecular weight is 334 g/mol. The minimum atomic E-state index is 0.00567. The maximum Gasteiger partial charge on any atom is 0.249 e. The van der Waals surface area contributed by atoms with Crippen LogP contribution in [0.4, 0.5) is 11.4 Å². The molecule has 4 rings (SSSR count). The lowest BCUT2D eigenvalue weighted by molar-refractivity contribution is 0.353. The van der Waals surface area contributed by atoms with Crippen LogP contribution in [0.15, 0.2) is 47.0 Å². The highest BCUT2D eigenvalue weighted by Crippen LogP contribution is 2.36. The van der Waals surface area contributed by atoms with Crippen molar-refractivity contribution >= 4 is 11.4 Å². The molecular formula is C20H22N4O. The molecule has 5 heteroatoms. The molecule has 0 radical (unpaired) electrons. The predicted octanol–water partition coefficient (Wildman–Crippen LogP) is 4.14. The summed E-state index contributed by atoms with van der Waals surface area (Å²) in [5.41, 5.74) is 11.6. The number of aromatic nitrogens is 2. The molecule has 0 saturated heterocycles. The minimum absolute atomic E-state index is 0.00567. The molecule has 0 fully saturated rings. The van der Waals surface area contributed by atoms with E-state index in [1.807, 2.05) is 30.3 Å². The first-order valence-electron chi connectivity index (χ1n) is 8.69. The van der Waals surface area contributed by atoms with Crippen molar-refractivity contribution in [2.45, 2.75) is 32.7 Å². The highest BCUT2D eigenvalue weighted by Gasteiger charge is 2.27. The Kier molecular flexibility index (Phi) is 3.92. The molecule has 3 aromatic rings. The van der Waals surface area contributed by atoms with E-state index in [1.165, 1.54) is 11.3 Å². The maximum absolute atomic E-state index is 6.16. The third-order valence-electron chi connectivity index (χ3n) is 4.98. The molecule has 2 aromatic carbocycles. The topological polar surface area (TPSA) is 68.2 Å². The number of fused-ring (bicyclic) bond motifs is 1. The summed E-state index contributed by atoms with van der Waals surface area (Å²) in [4.78, 5) is 6.97. The molecule has 0 bridgehead atoms. The van der Waals surface area contributed by atoms with Crippen LogP contribution in [0, 0.1) is 6.92 Å². The molecule has 0 spiro atoms.